The third kappa shape index (κ3) is 1.86. The van der Waals surface area contributed by atoms with Gasteiger partial charge in [0, 0.05) is 11.2 Å². The molecule has 0 atom stereocenters. The molecule has 2 rings (SSSR count). The lowest BCUT2D eigenvalue weighted by molar-refractivity contribution is 0.0697. The number of carboxylic acid groups (broad SMARTS) is 1. The maximum Gasteiger partial charge on any atom is 0.335 e. The second kappa shape index (κ2) is 4.00. The van der Waals surface area contributed by atoms with E-state index in [2.05, 4.69) is 10.7 Å². The summed E-state index contributed by atoms with van der Waals surface area (Å²) in [5, 5.41) is 15.1. The fourth-order valence-electron chi connectivity index (χ4n) is 1.54. The van der Waals surface area contributed by atoms with Crippen molar-refractivity contribution >= 4 is 27.4 Å². The smallest absolute Gasteiger partial charge is 0.335 e. The number of aromatic carboxylic acids is 1. The Morgan fingerprint density at radius 1 is 1.53 bits per heavy atom. The first-order valence-electron chi connectivity index (χ1n) is 4.60. The van der Waals surface area contributed by atoms with E-state index in [1.54, 1.807) is 23.5 Å². The Balaban J connectivity index is 2.51. The zero-order valence-electron chi connectivity index (χ0n) is 8.28. The molecule has 2 aromatic rings. The van der Waals surface area contributed by atoms with E-state index < -0.39 is 5.97 Å². The molecule has 0 bridgehead atoms. The Morgan fingerprint density at radius 3 is 3.00 bits per heavy atom. The van der Waals surface area contributed by atoms with Crippen molar-refractivity contribution in [3.05, 3.63) is 34.7 Å². The van der Waals surface area contributed by atoms with Crippen LogP contribution in [0.5, 0.6) is 0 Å². The number of nitrogens with one attached hydrogen (secondary N) is 1. The van der Waals surface area contributed by atoms with Crippen LogP contribution in [0.4, 0.5) is 0 Å². The summed E-state index contributed by atoms with van der Waals surface area (Å²) in [5.74, 6) is -0.875. The van der Waals surface area contributed by atoms with Gasteiger partial charge in [-0.25, -0.2) is 4.79 Å². The molecule has 4 heteroatoms. The molecule has 0 fully saturated rings. The third-order valence-electron chi connectivity index (χ3n) is 2.27. The van der Waals surface area contributed by atoms with Gasteiger partial charge in [0.05, 0.1) is 5.56 Å². The topological polar surface area (TPSA) is 49.3 Å². The molecule has 0 aliphatic heterocycles. The van der Waals surface area contributed by atoms with Crippen LogP contribution in [0.2, 0.25) is 0 Å². The van der Waals surface area contributed by atoms with E-state index in [-0.39, 0.29) is 0 Å². The van der Waals surface area contributed by atoms with E-state index in [0.29, 0.717) is 5.56 Å². The van der Waals surface area contributed by atoms with E-state index in [1.165, 1.54) is 5.56 Å². The van der Waals surface area contributed by atoms with Gasteiger partial charge >= 0.3 is 5.97 Å². The molecule has 2 N–H and O–H groups in total. The molecular formula is C11H11NO2S. The lowest BCUT2D eigenvalue weighted by atomic mass is 10.1. The second-order valence-electron chi connectivity index (χ2n) is 3.31. The minimum atomic E-state index is -0.875. The fraction of sp³-hybridized carbons (Fsp3) is 0.182. The summed E-state index contributed by atoms with van der Waals surface area (Å²) in [7, 11) is 1.90. The van der Waals surface area contributed by atoms with Gasteiger partial charge in [0.2, 0.25) is 0 Å². The van der Waals surface area contributed by atoms with E-state index in [0.717, 1.165) is 16.6 Å². The van der Waals surface area contributed by atoms with Crippen molar-refractivity contribution in [1.29, 1.82) is 0 Å². The lowest BCUT2D eigenvalue weighted by Crippen LogP contribution is -2.04. The summed E-state index contributed by atoms with van der Waals surface area (Å²) in [4.78, 5) is 10.8. The maximum atomic E-state index is 10.8. The predicted molar refractivity (Wildman–Crippen MR) is 61.5 cm³/mol. The first-order chi connectivity index (χ1) is 7.22. The molecule has 0 aliphatic rings. The Labute approximate surface area is 91.4 Å². The first-order valence-corrected chi connectivity index (χ1v) is 5.48. The van der Waals surface area contributed by atoms with E-state index in [1.807, 2.05) is 13.1 Å². The number of thiophene rings is 1. The van der Waals surface area contributed by atoms with E-state index >= 15 is 0 Å². The molecule has 0 saturated heterocycles. The van der Waals surface area contributed by atoms with E-state index in [4.69, 9.17) is 5.11 Å². The van der Waals surface area contributed by atoms with Gasteiger partial charge in [-0.3, -0.25) is 0 Å². The molecule has 1 heterocycles. The zero-order valence-corrected chi connectivity index (χ0v) is 9.10. The summed E-state index contributed by atoms with van der Waals surface area (Å²) in [5.41, 5.74) is 1.56. The third-order valence-corrected chi connectivity index (χ3v) is 3.26. The monoisotopic (exact) mass is 221 g/mol. The lowest BCUT2D eigenvalue weighted by Gasteiger charge is -1.98. The number of rotatable bonds is 3. The Bertz CT molecular complexity index is 504. The van der Waals surface area contributed by atoms with Crippen molar-refractivity contribution in [2.45, 2.75) is 6.54 Å². The Morgan fingerprint density at radius 2 is 2.33 bits per heavy atom. The van der Waals surface area contributed by atoms with Gasteiger partial charge in [-0.2, -0.15) is 0 Å². The SMILES string of the molecule is CNCc1csc2cc(C(=O)O)ccc12. The number of carboxylic acids is 1. The summed E-state index contributed by atoms with van der Waals surface area (Å²) in [6.07, 6.45) is 0. The number of hydrogen-bond acceptors (Lipinski definition) is 3. The number of benzene rings is 1. The normalized spacial score (nSPS) is 10.7. The van der Waals surface area contributed by atoms with Crippen LogP contribution in [0.3, 0.4) is 0 Å². The van der Waals surface area contributed by atoms with Crippen LogP contribution in [0.1, 0.15) is 15.9 Å². The molecule has 1 aromatic heterocycles. The van der Waals surface area contributed by atoms with Crippen LogP contribution in [0, 0.1) is 0 Å². The molecule has 3 nitrogen and oxygen atoms in total. The van der Waals surface area contributed by atoms with Crippen LogP contribution < -0.4 is 5.32 Å². The van der Waals surface area contributed by atoms with Crippen molar-refractivity contribution in [3.8, 4) is 0 Å². The van der Waals surface area contributed by atoms with Gasteiger partial charge in [0.1, 0.15) is 0 Å². The molecule has 0 saturated carbocycles. The standard InChI is InChI=1S/C11H11NO2S/c1-12-5-8-6-15-10-4-7(11(13)14)2-3-9(8)10/h2-4,6,12H,5H2,1H3,(H,13,14). The van der Waals surface area contributed by atoms with Crippen LogP contribution in [-0.4, -0.2) is 18.1 Å². The number of carbonyl (C=O) groups is 1. The average molecular weight is 221 g/mol. The molecular weight excluding hydrogens is 210 g/mol. The second-order valence-corrected chi connectivity index (χ2v) is 4.22. The van der Waals surface area contributed by atoms with Crippen LogP contribution in [-0.2, 0) is 6.54 Å². The Hall–Kier alpha value is -1.39. The van der Waals surface area contributed by atoms with Crippen molar-refractivity contribution in [2.24, 2.45) is 0 Å². The molecule has 0 radical (unpaired) electrons. The molecule has 15 heavy (non-hydrogen) atoms. The number of hydrogen-bond donors (Lipinski definition) is 2. The average Bonchev–Trinajstić information content (AvgIpc) is 2.61. The minimum Gasteiger partial charge on any atom is -0.478 e. The highest BCUT2D eigenvalue weighted by Gasteiger charge is 2.07. The highest BCUT2D eigenvalue weighted by atomic mass is 32.1. The van der Waals surface area contributed by atoms with Crippen LogP contribution in [0.25, 0.3) is 10.1 Å². The predicted octanol–water partition coefficient (Wildman–Crippen LogP) is 2.32. The van der Waals surface area contributed by atoms with Crippen molar-refractivity contribution in [2.75, 3.05) is 7.05 Å². The minimum absolute atomic E-state index is 0.348. The van der Waals surface area contributed by atoms with Gasteiger partial charge in [-0.05, 0) is 35.5 Å². The largest absolute Gasteiger partial charge is 0.478 e. The summed E-state index contributed by atoms with van der Waals surface area (Å²) in [6, 6.07) is 5.25. The van der Waals surface area contributed by atoms with E-state index in [9.17, 15) is 4.79 Å². The van der Waals surface area contributed by atoms with Crippen LogP contribution >= 0.6 is 11.3 Å². The molecule has 0 unspecified atom stereocenters. The van der Waals surface area contributed by atoms with Crippen LogP contribution in [0.15, 0.2) is 23.6 Å². The Kier molecular flexibility index (Phi) is 2.70. The summed E-state index contributed by atoms with van der Waals surface area (Å²) < 4.78 is 1.03. The van der Waals surface area contributed by atoms with Crippen molar-refractivity contribution < 1.29 is 9.90 Å². The summed E-state index contributed by atoms with van der Waals surface area (Å²) >= 11 is 1.58. The molecule has 0 spiro atoms. The van der Waals surface area contributed by atoms with Gasteiger partial charge in [0.15, 0.2) is 0 Å². The highest BCUT2D eigenvalue weighted by molar-refractivity contribution is 7.17. The van der Waals surface area contributed by atoms with Gasteiger partial charge < -0.3 is 10.4 Å². The van der Waals surface area contributed by atoms with Gasteiger partial charge in [0.25, 0.3) is 0 Å². The summed E-state index contributed by atoms with van der Waals surface area (Å²) in [6.45, 7) is 0.812. The van der Waals surface area contributed by atoms with Gasteiger partial charge in [-0.15, -0.1) is 11.3 Å². The number of fused-ring (bicyclic) bond motifs is 1. The molecule has 0 amide bonds. The first kappa shape index (κ1) is 10.1. The van der Waals surface area contributed by atoms with Gasteiger partial charge in [-0.1, -0.05) is 6.07 Å². The molecule has 1 aromatic carbocycles. The fourth-order valence-corrected chi connectivity index (χ4v) is 2.54. The molecule has 0 aliphatic carbocycles. The van der Waals surface area contributed by atoms with Crippen molar-refractivity contribution in [1.82, 2.24) is 5.32 Å². The highest BCUT2D eigenvalue weighted by Crippen LogP contribution is 2.26. The maximum absolute atomic E-state index is 10.8. The zero-order chi connectivity index (χ0) is 10.8. The quantitative estimate of drug-likeness (QED) is 0.836. The van der Waals surface area contributed by atoms with Crippen molar-refractivity contribution in [3.63, 3.8) is 0 Å². The molecule has 78 valence electrons.